The highest BCUT2D eigenvalue weighted by atomic mass is 79.9. The fourth-order valence-electron chi connectivity index (χ4n) is 2.63. The third kappa shape index (κ3) is 1.69. The van der Waals surface area contributed by atoms with Gasteiger partial charge in [0.05, 0.1) is 4.47 Å². The molecule has 0 aliphatic carbocycles. The summed E-state index contributed by atoms with van der Waals surface area (Å²) in [4.78, 5) is 0. The van der Waals surface area contributed by atoms with E-state index in [-0.39, 0.29) is 0 Å². The largest absolute Gasteiger partial charge is 0.454 e. The van der Waals surface area contributed by atoms with Crippen LogP contribution in [0.3, 0.4) is 0 Å². The van der Waals surface area contributed by atoms with Gasteiger partial charge in [0.2, 0.25) is 0 Å². The average molecular weight is 323 g/mol. The zero-order valence-electron chi connectivity index (χ0n) is 10.6. The monoisotopic (exact) mass is 322 g/mol. The van der Waals surface area contributed by atoms with Gasteiger partial charge in [-0.3, -0.25) is 0 Å². The number of hydrogen-bond acceptors (Lipinski definition) is 1. The van der Waals surface area contributed by atoms with Crippen molar-refractivity contribution in [3.8, 4) is 11.1 Å². The van der Waals surface area contributed by atoms with Crippen molar-refractivity contribution in [3.05, 3.63) is 71.2 Å². The normalized spacial score (nSPS) is 11.2. The van der Waals surface area contributed by atoms with Crippen LogP contribution in [0.2, 0.25) is 0 Å². The van der Waals surface area contributed by atoms with E-state index in [4.69, 9.17) is 4.42 Å². The van der Waals surface area contributed by atoms with Crippen LogP contribution in [-0.4, -0.2) is 0 Å². The lowest BCUT2D eigenvalue weighted by molar-refractivity contribution is 0.668. The van der Waals surface area contributed by atoms with Crippen molar-refractivity contribution in [2.45, 2.75) is 0 Å². The Morgan fingerprint density at radius 2 is 1.35 bits per heavy atom. The Labute approximate surface area is 125 Å². The summed E-state index contributed by atoms with van der Waals surface area (Å²) in [6, 6.07) is 22.8. The zero-order chi connectivity index (χ0) is 13.5. The molecule has 0 aliphatic heterocycles. The van der Waals surface area contributed by atoms with Gasteiger partial charge in [-0.15, -0.1) is 0 Å². The number of halogens is 1. The first-order chi connectivity index (χ1) is 9.84. The fraction of sp³-hybridized carbons (Fsp3) is 0. The molecule has 0 spiro atoms. The van der Waals surface area contributed by atoms with Crippen molar-refractivity contribution >= 4 is 37.9 Å². The lowest BCUT2D eigenvalue weighted by Crippen LogP contribution is -1.77. The molecule has 4 aromatic rings. The molecule has 0 N–H and O–H groups in total. The minimum absolute atomic E-state index is 0.908. The Hall–Kier alpha value is -2.06. The van der Waals surface area contributed by atoms with Gasteiger partial charge in [0.15, 0.2) is 0 Å². The Morgan fingerprint density at radius 3 is 2.15 bits per heavy atom. The maximum Gasteiger partial charge on any atom is 0.149 e. The molecule has 20 heavy (non-hydrogen) atoms. The fourth-order valence-corrected chi connectivity index (χ4v) is 3.08. The number of rotatable bonds is 1. The first kappa shape index (κ1) is 11.7. The first-order valence-corrected chi connectivity index (χ1v) is 7.29. The Balaban J connectivity index is 2.14. The molecule has 0 saturated heterocycles. The predicted molar refractivity (Wildman–Crippen MR) is 86.9 cm³/mol. The molecule has 0 radical (unpaired) electrons. The third-order valence-corrected chi connectivity index (χ3v) is 4.19. The lowest BCUT2D eigenvalue weighted by atomic mass is 10.0. The molecule has 2 heteroatoms. The number of para-hydroxylation sites is 2. The van der Waals surface area contributed by atoms with Gasteiger partial charge in [0, 0.05) is 16.3 Å². The van der Waals surface area contributed by atoms with E-state index in [1.807, 2.05) is 30.3 Å². The molecule has 1 aromatic heterocycles. The topological polar surface area (TPSA) is 13.1 Å². The van der Waals surface area contributed by atoms with Crippen LogP contribution in [0, 0.1) is 0 Å². The second-order valence-corrected chi connectivity index (χ2v) is 5.62. The van der Waals surface area contributed by atoms with E-state index >= 15 is 0 Å². The lowest BCUT2D eigenvalue weighted by Gasteiger charge is -2.01. The minimum Gasteiger partial charge on any atom is -0.454 e. The van der Waals surface area contributed by atoms with Crippen LogP contribution < -0.4 is 0 Å². The highest BCUT2D eigenvalue weighted by molar-refractivity contribution is 9.10. The van der Waals surface area contributed by atoms with Gasteiger partial charge >= 0.3 is 0 Å². The van der Waals surface area contributed by atoms with Gasteiger partial charge < -0.3 is 4.42 Å². The maximum atomic E-state index is 6.12. The molecule has 0 saturated carbocycles. The standard InChI is InChI=1S/C18H11BrO/c19-16-11-5-10-15-14-9-4-8-13(17(14)20-18(15)16)12-6-2-1-3-7-12/h1-11H. The van der Waals surface area contributed by atoms with E-state index in [9.17, 15) is 0 Å². The predicted octanol–water partition coefficient (Wildman–Crippen LogP) is 6.02. The summed E-state index contributed by atoms with van der Waals surface area (Å²) in [5.41, 5.74) is 4.16. The molecular formula is C18H11BrO. The van der Waals surface area contributed by atoms with Crippen LogP contribution in [0.4, 0.5) is 0 Å². The summed E-state index contributed by atoms with van der Waals surface area (Å²) in [6.45, 7) is 0. The van der Waals surface area contributed by atoms with Gasteiger partial charge in [-0.1, -0.05) is 60.7 Å². The van der Waals surface area contributed by atoms with Crippen LogP contribution in [-0.2, 0) is 0 Å². The van der Waals surface area contributed by atoms with Gasteiger partial charge in [0.25, 0.3) is 0 Å². The van der Waals surface area contributed by atoms with Crippen LogP contribution in [0.1, 0.15) is 0 Å². The second kappa shape index (κ2) is 4.50. The molecule has 0 bridgehead atoms. The highest BCUT2D eigenvalue weighted by Crippen LogP contribution is 2.38. The molecule has 0 unspecified atom stereocenters. The summed E-state index contributed by atoms with van der Waals surface area (Å²) in [5.74, 6) is 0. The highest BCUT2D eigenvalue weighted by Gasteiger charge is 2.13. The third-order valence-electron chi connectivity index (χ3n) is 3.56. The van der Waals surface area contributed by atoms with Gasteiger partial charge in [-0.05, 0) is 27.6 Å². The van der Waals surface area contributed by atoms with Crippen LogP contribution in [0.5, 0.6) is 0 Å². The first-order valence-electron chi connectivity index (χ1n) is 6.50. The summed E-state index contributed by atoms with van der Waals surface area (Å²) in [5, 5.41) is 2.30. The second-order valence-electron chi connectivity index (χ2n) is 4.77. The minimum atomic E-state index is 0.908. The van der Waals surface area contributed by atoms with Crippen molar-refractivity contribution in [1.29, 1.82) is 0 Å². The molecular weight excluding hydrogens is 312 g/mol. The molecule has 3 aromatic carbocycles. The van der Waals surface area contributed by atoms with Gasteiger partial charge in [-0.25, -0.2) is 0 Å². The van der Waals surface area contributed by atoms with Gasteiger partial charge in [0.1, 0.15) is 11.2 Å². The summed E-state index contributed by atoms with van der Waals surface area (Å²) in [6.07, 6.45) is 0. The van der Waals surface area contributed by atoms with E-state index < -0.39 is 0 Å². The van der Waals surface area contributed by atoms with Crippen LogP contribution in [0.15, 0.2) is 75.6 Å². The van der Waals surface area contributed by atoms with Crippen molar-refractivity contribution in [2.24, 2.45) is 0 Å². The van der Waals surface area contributed by atoms with Crippen LogP contribution >= 0.6 is 15.9 Å². The Morgan fingerprint density at radius 1 is 0.650 bits per heavy atom. The van der Waals surface area contributed by atoms with Crippen molar-refractivity contribution < 1.29 is 4.42 Å². The summed E-state index contributed by atoms with van der Waals surface area (Å²) in [7, 11) is 0. The molecule has 1 nitrogen and oxygen atoms in total. The Bertz CT molecular complexity index is 907. The average Bonchev–Trinajstić information content (AvgIpc) is 2.88. The van der Waals surface area contributed by atoms with E-state index in [1.165, 1.54) is 5.56 Å². The number of hydrogen-bond donors (Lipinski definition) is 0. The summed E-state index contributed by atoms with van der Waals surface area (Å²) >= 11 is 3.56. The van der Waals surface area contributed by atoms with Gasteiger partial charge in [-0.2, -0.15) is 0 Å². The van der Waals surface area contributed by atoms with Crippen molar-refractivity contribution in [2.75, 3.05) is 0 Å². The van der Waals surface area contributed by atoms with E-state index in [2.05, 4.69) is 52.3 Å². The molecule has 0 aliphatic rings. The zero-order valence-corrected chi connectivity index (χ0v) is 12.2. The van der Waals surface area contributed by atoms with Crippen molar-refractivity contribution in [1.82, 2.24) is 0 Å². The Kier molecular flexibility index (Phi) is 2.64. The molecule has 0 fully saturated rings. The van der Waals surface area contributed by atoms with E-state index in [0.717, 1.165) is 32.0 Å². The van der Waals surface area contributed by atoms with E-state index in [1.54, 1.807) is 0 Å². The molecule has 0 atom stereocenters. The smallest absolute Gasteiger partial charge is 0.149 e. The quantitative estimate of drug-likeness (QED) is 0.418. The SMILES string of the molecule is Brc1cccc2c1oc1c(-c3ccccc3)cccc12. The maximum absolute atomic E-state index is 6.12. The van der Waals surface area contributed by atoms with Crippen LogP contribution in [0.25, 0.3) is 33.1 Å². The number of furan rings is 1. The number of benzene rings is 3. The molecule has 1 heterocycles. The summed E-state index contributed by atoms with van der Waals surface area (Å²) < 4.78 is 7.11. The number of fused-ring (bicyclic) bond motifs is 3. The van der Waals surface area contributed by atoms with Crippen molar-refractivity contribution in [3.63, 3.8) is 0 Å². The molecule has 0 amide bonds. The molecule has 4 rings (SSSR count). The van der Waals surface area contributed by atoms with E-state index in [0.29, 0.717) is 0 Å². The molecule has 96 valence electrons.